The standard InChI is InChI=1S/C21H21N3O3S/c1-13-9-14(2)11-17(10-13)27-12-18(25)23-24-21(26)20-19(22-15(3)28-20)16-7-5-4-6-8-16/h4-11H,12H2,1-3H3,(H,23,25)(H,24,26). The highest BCUT2D eigenvalue weighted by Crippen LogP contribution is 2.27. The van der Waals surface area contributed by atoms with Crippen LogP contribution >= 0.6 is 11.3 Å². The maximum Gasteiger partial charge on any atom is 0.282 e. The van der Waals surface area contributed by atoms with Gasteiger partial charge in [0.25, 0.3) is 11.8 Å². The van der Waals surface area contributed by atoms with Crippen LogP contribution in [0.1, 0.15) is 25.8 Å². The number of thiazole rings is 1. The highest BCUT2D eigenvalue weighted by molar-refractivity contribution is 7.14. The number of carbonyl (C=O) groups is 2. The molecule has 0 unspecified atom stereocenters. The average molecular weight is 395 g/mol. The van der Waals surface area contributed by atoms with Crippen molar-refractivity contribution >= 4 is 23.2 Å². The van der Waals surface area contributed by atoms with Gasteiger partial charge in [-0.3, -0.25) is 20.4 Å². The summed E-state index contributed by atoms with van der Waals surface area (Å²) in [6.45, 7) is 5.56. The van der Waals surface area contributed by atoms with Crippen LogP contribution in [0, 0.1) is 20.8 Å². The van der Waals surface area contributed by atoms with Crippen LogP contribution in [0.15, 0.2) is 48.5 Å². The van der Waals surface area contributed by atoms with E-state index in [2.05, 4.69) is 15.8 Å². The second-order valence-electron chi connectivity index (χ2n) is 6.39. The van der Waals surface area contributed by atoms with Gasteiger partial charge in [0.15, 0.2) is 6.61 Å². The summed E-state index contributed by atoms with van der Waals surface area (Å²) in [5, 5.41) is 0.772. The number of aryl methyl sites for hydroxylation is 3. The molecule has 0 aliphatic heterocycles. The molecule has 0 atom stereocenters. The molecule has 0 saturated carbocycles. The van der Waals surface area contributed by atoms with Gasteiger partial charge in [0.1, 0.15) is 10.6 Å². The number of carbonyl (C=O) groups excluding carboxylic acids is 2. The summed E-state index contributed by atoms with van der Waals surface area (Å²) in [5.41, 5.74) is 8.37. The van der Waals surface area contributed by atoms with Crippen molar-refractivity contribution in [1.82, 2.24) is 15.8 Å². The number of hydrogen-bond acceptors (Lipinski definition) is 5. The molecule has 2 N–H and O–H groups in total. The molecule has 0 radical (unpaired) electrons. The minimum Gasteiger partial charge on any atom is -0.484 e. The van der Waals surface area contributed by atoms with Crippen molar-refractivity contribution < 1.29 is 14.3 Å². The van der Waals surface area contributed by atoms with Crippen molar-refractivity contribution in [2.75, 3.05) is 6.61 Å². The molecule has 0 saturated heterocycles. The second kappa shape index (κ2) is 8.67. The molecular formula is C21H21N3O3S. The topological polar surface area (TPSA) is 80.3 Å². The molecule has 2 amide bonds. The summed E-state index contributed by atoms with van der Waals surface area (Å²) in [6.07, 6.45) is 0. The van der Waals surface area contributed by atoms with Gasteiger partial charge in [0.2, 0.25) is 0 Å². The summed E-state index contributed by atoms with van der Waals surface area (Å²) < 4.78 is 5.49. The van der Waals surface area contributed by atoms with Crippen molar-refractivity contribution in [2.24, 2.45) is 0 Å². The van der Waals surface area contributed by atoms with E-state index in [0.717, 1.165) is 21.7 Å². The number of amides is 2. The molecule has 28 heavy (non-hydrogen) atoms. The number of nitrogens with one attached hydrogen (secondary N) is 2. The highest BCUT2D eigenvalue weighted by atomic mass is 32.1. The number of aromatic nitrogens is 1. The third-order valence-corrected chi connectivity index (χ3v) is 4.84. The maximum absolute atomic E-state index is 12.5. The zero-order chi connectivity index (χ0) is 20.1. The van der Waals surface area contributed by atoms with Crippen molar-refractivity contribution in [2.45, 2.75) is 20.8 Å². The Bertz CT molecular complexity index is 979. The summed E-state index contributed by atoms with van der Waals surface area (Å²) in [6, 6.07) is 15.2. The van der Waals surface area contributed by atoms with Crippen LogP contribution in [0.2, 0.25) is 0 Å². The summed E-state index contributed by atoms with van der Waals surface area (Å²) in [4.78, 5) is 29.4. The van der Waals surface area contributed by atoms with Crippen LogP contribution in [0.3, 0.4) is 0 Å². The molecular weight excluding hydrogens is 374 g/mol. The van der Waals surface area contributed by atoms with Crippen LogP contribution in [-0.4, -0.2) is 23.4 Å². The lowest BCUT2D eigenvalue weighted by Gasteiger charge is -2.10. The van der Waals surface area contributed by atoms with Gasteiger partial charge >= 0.3 is 0 Å². The number of benzene rings is 2. The number of rotatable bonds is 5. The van der Waals surface area contributed by atoms with E-state index in [-0.39, 0.29) is 6.61 Å². The monoisotopic (exact) mass is 395 g/mol. The molecule has 0 spiro atoms. The second-order valence-corrected chi connectivity index (χ2v) is 7.59. The van der Waals surface area contributed by atoms with Gasteiger partial charge in [0.05, 0.1) is 10.7 Å². The lowest BCUT2D eigenvalue weighted by atomic mass is 10.1. The van der Waals surface area contributed by atoms with Crippen LogP contribution in [-0.2, 0) is 4.79 Å². The lowest BCUT2D eigenvalue weighted by Crippen LogP contribution is -2.43. The first-order valence-corrected chi connectivity index (χ1v) is 9.57. The van der Waals surface area contributed by atoms with Gasteiger partial charge < -0.3 is 4.74 Å². The van der Waals surface area contributed by atoms with Crippen LogP contribution in [0.5, 0.6) is 5.75 Å². The number of hydrazine groups is 1. The molecule has 0 fully saturated rings. The van der Waals surface area contributed by atoms with Crippen molar-refractivity contribution in [1.29, 1.82) is 0 Å². The van der Waals surface area contributed by atoms with Crippen LogP contribution in [0.4, 0.5) is 0 Å². The molecule has 144 valence electrons. The van der Waals surface area contributed by atoms with Gasteiger partial charge in [-0.05, 0) is 44.0 Å². The third-order valence-electron chi connectivity index (χ3n) is 3.87. The zero-order valence-corrected chi connectivity index (χ0v) is 16.7. The Hall–Kier alpha value is -3.19. The first-order valence-electron chi connectivity index (χ1n) is 8.75. The Balaban J connectivity index is 1.59. The van der Waals surface area contributed by atoms with E-state index in [9.17, 15) is 9.59 Å². The van der Waals surface area contributed by atoms with E-state index in [0.29, 0.717) is 16.3 Å². The van der Waals surface area contributed by atoms with E-state index in [1.165, 1.54) is 11.3 Å². The first kappa shape index (κ1) is 19.6. The smallest absolute Gasteiger partial charge is 0.282 e. The van der Waals surface area contributed by atoms with Crippen molar-refractivity contribution in [3.05, 3.63) is 69.5 Å². The number of hydrogen-bond donors (Lipinski definition) is 2. The molecule has 7 heteroatoms. The Labute approximate surface area is 167 Å². The Morgan fingerprint density at radius 3 is 2.36 bits per heavy atom. The average Bonchev–Trinajstić information content (AvgIpc) is 3.06. The molecule has 0 aliphatic rings. The molecule has 1 aromatic heterocycles. The van der Waals surface area contributed by atoms with Gasteiger partial charge in [-0.25, -0.2) is 4.98 Å². The van der Waals surface area contributed by atoms with Gasteiger partial charge in [-0.15, -0.1) is 11.3 Å². The molecule has 0 bridgehead atoms. The normalized spacial score (nSPS) is 10.4. The van der Waals surface area contributed by atoms with E-state index in [1.807, 2.05) is 69.3 Å². The number of nitrogens with zero attached hydrogens (tertiary/aromatic N) is 1. The largest absolute Gasteiger partial charge is 0.484 e. The summed E-state index contributed by atoms with van der Waals surface area (Å²) in [7, 11) is 0. The summed E-state index contributed by atoms with van der Waals surface area (Å²) >= 11 is 1.28. The van der Waals surface area contributed by atoms with Crippen molar-refractivity contribution in [3.8, 4) is 17.0 Å². The maximum atomic E-state index is 12.5. The fourth-order valence-corrected chi connectivity index (χ4v) is 3.59. The van der Waals surface area contributed by atoms with E-state index < -0.39 is 11.8 Å². The van der Waals surface area contributed by atoms with Crippen LogP contribution in [0.25, 0.3) is 11.3 Å². The molecule has 0 aliphatic carbocycles. The van der Waals surface area contributed by atoms with Gasteiger partial charge in [0, 0.05) is 5.56 Å². The predicted octanol–water partition coefficient (Wildman–Crippen LogP) is 3.58. The summed E-state index contributed by atoms with van der Waals surface area (Å²) in [5.74, 6) is -0.248. The highest BCUT2D eigenvalue weighted by Gasteiger charge is 2.18. The number of ether oxygens (including phenoxy) is 1. The SMILES string of the molecule is Cc1cc(C)cc(OCC(=O)NNC(=O)c2sc(C)nc2-c2ccccc2)c1. The first-order chi connectivity index (χ1) is 13.4. The molecule has 3 rings (SSSR count). The molecule has 2 aromatic carbocycles. The molecule has 3 aromatic rings. The molecule has 1 heterocycles. The third kappa shape index (κ3) is 4.95. The van der Waals surface area contributed by atoms with Crippen LogP contribution < -0.4 is 15.6 Å². The predicted molar refractivity (Wildman–Crippen MR) is 109 cm³/mol. The Kier molecular flexibility index (Phi) is 6.06. The fraction of sp³-hybridized carbons (Fsp3) is 0.190. The van der Waals surface area contributed by atoms with Gasteiger partial charge in [-0.1, -0.05) is 36.4 Å². The quantitative estimate of drug-likeness (QED) is 0.647. The van der Waals surface area contributed by atoms with Crippen molar-refractivity contribution in [3.63, 3.8) is 0 Å². The van der Waals surface area contributed by atoms with E-state index in [4.69, 9.17) is 4.74 Å². The zero-order valence-electron chi connectivity index (χ0n) is 15.9. The van der Waals surface area contributed by atoms with E-state index in [1.54, 1.807) is 0 Å². The Morgan fingerprint density at radius 1 is 1.00 bits per heavy atom. The Morgan fingerprint density at radius 2 is 1.68 bits per heavy atom. The lowest BCUT2D eigenvalue weighted by molar-refractivity contribution is -0.123. The minimum absolute atomic E-state index is 0.198. The minimum atomic E-state index is -0.449. The van der Waals surface area contributed by atoms with Gasteiger partial charge in [-0.2, -0.15) is 0 Å². The fourth-order valence-electron chi connectivity index (χ4n) is 2.76. The van der Waals surface area contributed by atoms with E-state index >= 15 is 0 Å². The molecule has 6 nitrogen and oxygen atoms in total.